The average Bonchev–Trinajstić information content (AvgIpc) is 3.32. The molecule has 0 aliphatic heterocycles. The second kappa shape index (κ2) is 16.3. The van der Waals surface area contributed by atoms with Gasteiger partial charge in [-0.05, 0) is 44.6 Å². The summed E-state index contributed by atoms with van der Waals surface area (Å²) in [5.74, 6) is -3.81. The Kier molecular flexibility index (Phi) is 13.9. The van der Waals surface area contributed by atoms with E-state index in [2.05, 4.69) is 25.9 Å². The van der Waals surface area contributed by atoms with Crippen molar-refractivity contribution in [2.24, 2.45) is 23.1 Å². The number of hydrogen-bond donors (Lipinski definition) is 8. The van der Waals surface area contributed by atoms with E-state index < -0.39 is 53.8 Å². The van der Waals surface area contributed by atoms with E-state index >= 15 is 0 Å². The zero-order chi connectivity index (χ0) is 28.0. The van der Waals surface area contributed by atoms with Gasteiger partial charge < -0.3 is 43.2 Å². The summed E-state index contributed by atoms with van der Waals surface area (Å²) in [4.78, 5) is 68.2. The largest absolute Gasteiger partial charge is 0.480 e. The van der Waals surface area contributed by atoms with Crippen LogP contribution in [-0.4, -0.2) is 75.4 Å². The summed E-state index contributed by atoms with van der Waals surface area (Å²) in [6.45, 7) is 4.25. The molecule has 1 heterocycles. The van der Waals surface area contributed by atoms with Crippen LogP contribution in [0.4, 0.5) is 0 Å². The number of H-pyrrole nitrogens is 1. The van der Waals surface area contributed by atoms with Crippen molar-refractivity contribution in [2.75, 3.05) is 6.54 Å². The van der Waals surface area contributed by atoms with Crippen LogP contribution in [0.3, 0.4) is 0 Å². The van der Waals surface area contributed by atoms with Crippen molar-refractivity contribution >= 4 is 29.6 Å². The van der Waals surface area contributed by atoms with E-state index in [0.717, 1.165) is 0 Å². The van der Waals surface area contributed by atoms with Gasteiger partial charge in [-0.2, -0.15) is 0 Å². The van der Waals surface area contributed by atoms with Crippen LogP contribution >= 0.6 is 0 Å². The van der Waals surface area contributed by atoms with Gasteiger partial charge in [-0.15, -0.1) is 0 Å². The van der Waals surface area contributed by atoms with E-state index in [-0.39, 0.29) is 31.6 Å². The number of rotatable bonds is 18. The van der Waals surface area contributed by atoms with Gasteiger partial charge in [-0.25, -0.2) is 9.78 Å². The van der Waals surface area contributed by atoms with Crippen LogP contribution in [0.2, 0.25) is 0 Å². The van der Waals surface area contributed by atoms with Gasteiger partial charge >= 0.3 is 5.97 Å². The average molecular weight is 525 g/mol. The van der Waals surface area contributed by atoms with E-state index in [1.54, 1.807) is 0 Å². The topological polar surface area (TPSA) is 248 Å². The fourth-order valence-electron chi connectivity index (χ4n) is 3.57. The van der Waals surface area contributed by atoms with Crippen LogP contribution in [-0.2, 0) is 30.4 Å². The third-order valence-electron chi connectivity index (χ3n) is 5.55. The number of unbranched alkanes of at least 4 members (excludes halogenated alkanes) is 1. The van der Waals surface area contributed by atoms with Crippen molar-refractivity contribution in [1.29, 1.82) is 0 Å². The lowest BCUT2D eigenvalue weighted by atomic mass is 10.0. The first-order chi connectivity index (χ1) is 17.4. The molecule has 1 aromatic rings. The first kappa shape index (κ1) is 31.5. The third-order valence-corrected chi connectivity index (χ3v) is 5.55. The Morgan fingerprint density at radius 1 is 0.973 bits per heavy atom. The summed E-state index contributed by atoms with van der Waals surface area (Å²) < 4.78 is 0. The number of nitrogens with two attached hydrogens (primary N) is 3. The molecule has 0 radical (unpaired) electrons. The maximum absolute atomic E-state index is 13.2. The molecule has 0 spiro atoms. The fraction of sp³-hybridized carbons (Fsp3) is 0.652. The minimum atomic E-state index is -1.39. The predicted octanol–water partition coefficient (Wildman–Crippen LogP) is -1.74. The maximum Gasteiger partial charge on any atom is 0.326 e. The number of primary amides is 1. The number of nitrogens with zero attached hydrogens (tertiary/aromatic N) is 1. The summed E-state index contributed by atoms with van der Waals surface area (Å²) in [5.41, 5.74) is 17.1. The SMILES string of the molecule is CC(C)CC(N)C(=O)NC(CCCCN)C(=O)NC(Cc1cnc[nH]1)C(=O)NC(CCC(N)=O)C(=O)O. The van der Waals surface area contributed by atoms with Gasteiger partial charge in [0.2, 0.25) is 23.6 Å². The van der Waals surface area contributed by atoms with Crippen molar-refractivity contribution in [1.82, 2.24) is 25.9 Å². The molecule has 0 saturated carbocycles. The lowest BCUT2D eigenvalue weighted by Gasteiger charge is -2.25. The van der Waals surface area contributed by atoms with E-state index in [0.29, 0.717) is 31.5 Å². The van der Waals surface area contributed by atoms with Gasteiger partial charge in [0.05, 0.1) is 12.4 Å². The van der Waals surface area contributed by atoms with E-state index in [1.165, 1.54) is 12.5 Å². The highest BCUT2D eigenvalue weighted by Crippen LogP contribution is 2.08. The van der Waals surface area contributed by atoms with Crippen LogP contribution in [0.5, 0.6) is 0 Å². The molecule has 0 bridgehead atoms. The smallest absolute Gasteiger partial charge is 0.326 e. The number of aromatic nitrogens is 2. The minimum Gasteiger partial charge on any atom is -0.480 e. The van der Waals surface area contributed by atoms with Crippen molar-refractivity contribution in [3.8, 4) is 0 Å². The summed E-state index contributed by atoms with van der Waals surface area (Å²) in [6, 6.07) is -4.40. The van der Waals surface area contributed by atoms with Crippen LogP contribution in [0.15, 0.2) is 12.5 Å². The van der Waals surface area contributed by atoms with E-state index in [4.69, 9.17) is 17.2 Å². The molecule has 0 saturated heterocycles. The minimum absolute atomic E-state index is 0.0317. The highest BCUT2D eigenvalue weighted by Gasteiger charge is 2.31. The Balaban J connectivity index is 3.05. The molecule has 14 heteroatoms. The molecule has 1 aromatic heterocycles. The van der Waals surface area contributed by atoms with Gasteiger partial charge in [0.1, 0.15) is 18.1 Å². The quantitative estimate of drug-likeness (QED) is 0.101. The Labute approximate surface area is 215 Å². The molecule has 11 N–H and O–H groups in total. The number of carbonyl (C=O) groups excluding carboxylic acids is 4. The van der Waals surface area contributed by atoms with E-state index in [9.17, 15) is 29.1 Å². The number of carboxylic acids is 1. The van der Waals surface area contributed by atoms with Crippen molar-refractivity contribution in [3.63, 3.8) is 0 Å². The molecule has 0 fully saturated rings. The molecular formula is C23H40N8O6. The molecule has 4 amide bonds. The third kappa shape index (κ3) is 12.3. The number of carboxylic acid groups (broad SMARTS) is 1. The zero-order valence-electron chi connectivity index (χ0n) is 21.4. The van der Waals surface area contributed by atoms with Gasteiger partial charge in [0.25, 0.3) is 0 Å². The highest BCUT2D eigenvalue weighted by molar-refractivity contribution is 5.94. The molecule has 1 rings (SSSR count). The standard InChI is InChI=1S/C23H40N8O6/c1-13(2)9-15(25)20(33)29-16(5-3-4-8-24)21(34)31-18(10-14-11-27-12-28-14)22(35)30-17(23(36)37)6-7-19(26)32/h11-13,15-18H,3-10,24-25H2,1-2H3,(H2,26,32)(H,27,28)(H,29,33)(H,30,35)(H,31,34)(H,36,37). The number of amides is 4. The molecular weight excluding hydrogens is 484 g/mol. The Morgan fingerprint density at radius 3 is 2.14 bits per heavy atom. The summed E-state index contributed by atoms with van der Waals surface area (Å²) >= 11 is 0. The second-order valence-corrected chi connectivity index (χ2v) is 9.33. The molecule has 37 heavy (non-hydrogen) atoms. The highest BCUT2D eigenvalue weighted by atomic mass is 16.4. The summed E-state index contributed by atoms with van der Waals surface area (Å²) in [5, 5.41) is 17.0. The molecule has 0 aromatic carbocycles. The summed E-state index contributed by atoms with van der Waals surface area (Å²) in [6.07, 6.45) is 4.21. The number of carbonyl (C=O) groups is 5. The fourth-order valence-corrected chi connectivity index (χ4v) is 3.57. The van der Waals surface area contributed by atoms with Gasteiger partial charge in [-0.3, -0.25) is 19.2 Å². The molecule has 4 atom stereocenters. The van der Waals surface area contributed by atoms with Gasteiger partial charge in [0, 0.05) is 24.7 Å². The Bertz CT molecular complexity index is 892. The van der Waals surface area contributed by atoms with Crippen LogP contribution in [0.1, 0.15) is 58.1 Å². The normalized spacial score (nSPS) is 14.3. The Hall–Kier alpha value is -3.52. The number of aromatic amines is 1. The maximum atomic E-state index is 13.2. The molecule has 0 aliphatic rings. The zero-order valence-corrected chi connectivity index (χ0v) is 21.4. The monoisotopic (exact) mass is 524 g/mol. The second-order valence-electron chi connectivity index (χ2n) is 9.33. The molecule has 4 unspecified atom stereocenters. The van der Waals surface area contributed by atoms with Gasteiger partial charge in [0.15, 0.2) is 0 Å². The summed E-state index contributed by atoms with van der Waals surface area (Å²) in [7, 11) is 0. The first-order valence-corrected chi connectivity index (χ1v) is 12.3. The van der Waals surface area contributed by atoms with E-state index in [1.807, 2.05) is 13.8 Å². The number of aliphatic carboxylic acids is 1. The number of imidazole rings is 1. The number of nitrogens with one attached hydrogen (secondary N) is 4. The van der Waals surface area contributed by atoms with Crippen molar-refractivity contribution < 1.29 is 29.1 Å². The van der Waals surface area contributed by atoms with Gasteiger partial charge in [-0.1, -0.05) is 13.8 Å². The van der Waals surface area contributed by atoms with Crippen molar-refractivity contribution in [3.05, 3.63) is 18.2 Å². The lowest BCUT2D eigenvalue weighted by Crippen LogP contribution is -2.57. The first-order valence-electron chi connectivity index (χ1n) is 12.3. The number of hydrogen-bond acceptors (Lipinski definition) is 8. The molecule has 0 aliphatic carbocycles. The van der Waals surface area contributed by atoms with Crippen LogP contribution in [0, 0.1) is 5.92 Å². The van der Waals surface area contributed by atoms with Crippen molar-refractivity contribution in [2.45, 2.75) is 83.0 Å². The lowest BCUT2D eigenvalue weighted by molar-refractivity contribution is -0.142. The molecule has 14 nitrogen and oxygen atoms in total. The predicted molar refractivity (Wildman–Crippen MR) is 134 cm³/mol. The Morgan fingerprint density at radius 2 is 1.59 bits per heavy atom. The van der Waals surface area contributed by atoms with Crippen LogP contribution in [0.25, 0.3) is 0 Å². The van der Waals surface area contributed by atoms with Crippen LogP contribution < -0.4 is 33.2 Å². The molecule has 208 valence electrons.